The molecule has 0 bridgehead atoms. The van der Waals surface area contributed by atoms with Gasteiger partial charge in [0.1, 0.15) is 6.04 Å². The Morgan fingerprint density at radius 1 is 1.47 bits per heavy atom. The minimum absolute atomic E-state index is 0.0681. The Balaban J connectivity index is 2.32. The average Bonchev–Trinajstić information content (AvgIpc) is 2.46. The zero-order valence-corrected chi connectivity index (χ0v) is 10.4. The van der Waals surface area contributed by atoms with Crippen molar-refractivity contribution in [2.24, 2.45) is 0 Å². The molecular weight excluding hydrogens is 222 g/mol. The summed E-state index contributed by atoms with van der Waals surface area (Å²) in [5.41, 5.74) is 0. The van der Waals surface area contributed by atoms with E-state index in [2.05, 4.69) is 10.6 Å². The quantitative estimate of drug-likeness (QED) is 0.621. The van der Waals surface area contributed by atoms with Gasteiger partial charge in [-0.2, -0.15) is 0 Å². The van der Waals surface area contributed by atoms with Gasteiger partial charge in [0.25, 0.3) is 5.91 Å². The van der Waals surface area contributed by atoms with Crippen LogP contribution in [-0.4, -0.2) is 48.3 Å². The predicted octanol–water partition coefficient (Wildman–Crippen LogP) is -0.752. The lowest BCUT2D eigenvalue weighted by Crippen LogP contribution is -2.41. The van der Waals surface area contributed by atoms with Crippen LogP contribution in [0, 0.1) is 0 Å². The minimum Gasteiger partial charge on any atom is -0.344 e. The maximum atomic E-state index is 11.5. The first-order chi connectivity index (χ1) is 7.91. The maximum Gasteiger partial charge on any atom is 0.252 e. The molecule has 2 N–H and O–H groups in total. The molecule has 6 nitrogen and oxygen atoms in total. The second kappa shape index (κ2) is 5.77. The van der Waals surface area contributed by atoms with Crippen molar-refractivity contribution >= 4 is 17.7 Å². The third kappa shape index (κ3) is 3.81. The molecule has 1 unspecified atom stereocenters. The molecule has 3 amide bonds. The van der Waals surface area contributed by atoms with Crippen LogP contribution in [0.4, 0.5) is 0 Å². The monoisotopic (exact) mass is 241 g/mol. The third-order valence-corrected chi connectivity index (χ3v) is 2.62. The smallest absolute Gasteiger partial charge is 0.252 e. The minimum atomic E-state index is -0.681. The number of imide groups is 1. The van der Waals surface area contributed by atoms with E-state index in [0.29, 0.717) is 19.0 Å². The van der Waals surface area contributed by atoms with E-state index < -0.39 is 6.04 Å². The molecule has 1 aliphatic heterocycles. The molecule has 0 radical (unpaired) electrons. The average molecular weight is 241 g/mol. The summed E-state index contributed by atoms with van der Waals surface area (Å²) in [5.74, 6) is -0.791. The van der Waals surface area contributed by atoms with Crippen LogP contribution in [0.2, 0.25) is 0 Å². The van der Waals surface area contributed by atoms with Gasteiger partial charge in [0.15, 0.2) is 0 Å². The molecule has 1 aliphatic rings. The highest BCUT2D eigenvalue weighted by Gasteiger charge is 2.36. The summed E-state index contributed by atoms with van der Waals surface area (Å²) in [6, 6.07) is -0.359. The number of rotatable bonds is 5. The summed E-state index contributed by atoms with van der Waals surface area (Å²) in [7, 11) is 1.43. The molecular formula is C11H19N3O3. The van der Waals surface area contributed by atoms with Crippen LogP contribution in [0.1, 0.15) is 26.7 Å². The number of carbonyl (C=O) groups is 3. The van der Waals surface area contributed by atoms with Crippen molar-refractivity contribution in [2.75, 3.05) is 13.6 Å². The Morgan fingerprint density at radius 2 is 2.12 bits per heavy atom. The molecule has 1 saturated heterocycles. The Kier molecular flexibility index (Phi) is 4.62. The Labute approximate surface area is 101 Å². The number of hydrogen-bond donors (Lipinski definition) is 2. The largest absolute Gasteiger partial charge is 0.344 e. The zero-order chi connectivity index (χ0) is 13.0. The lowest BCUT2D eigenvalue weighted by Gasteiger charge is -2.12. The van der Waals surface area contributed by atoms with Gasteiger partial charge in [0.2, 0.25) is 11.8 Å². The van der Waals surface area contributed by atoms with E-state index in [0.717, 1.165) is 4.90 Å². The first-order valence-electron chi connectivity index (χ1n) is 5.75. The third-order valence-electron chi connectivity index (χ3n) is 2.62. The summed E-state index contributed by atoms with van der Waals surface area (Å²) in [6.45, 7) is 4.55. The number of amides is 3. The maximum absolute atomic E-state index is 11.5. The Bertz CT molecular complexity index is 328. The van der Waals surface area contributed by atoms with Gasteiger partial charge in [-0.15, -0.1) is 0 Å². The second-order valence-corrected chi connectivity index (χ2v) is 4.47. The molecule has 1 fully saturated rings. The summed E-state index contributed by atoms with van der Waals surface area (Å²) in [4.78, 5) is 35.3. The van der Waals surface area contributed by atoms with E-state index >= 15 is 0 Å². The van der Waals surface area contributed by atoms with E-state index in [9.17, 15) is 14.4 Å². The molecule has 0 aromatic rings. The topological polar surface area (TPSA) is 78.5 Å². The molecule has 6 heteroatoms. The zero-order valence-electron chi connectivity index (χ0n) is 10.4. The summed E-state index contributed by atoms with van der Waals surface area (Å²) >= 11 is 0. The molecule has 0 spiro atoms. The fourth-order valence-corrected chi connectivity index (χ4v) is 1.61. The molecule has 0 aliphatic carbocycles. The lowest BCUT2D eigenvalue weighted by atomic mass is 10.2. The highest BCUT2D eigenvalue weighted by atomic mass is 16.2. The Morgan fingerprint density at radius 3 is 2.59 bits per heavy atom. The molecule has 1 heterocycles. The lowest BCUT2D eigenvalue weighted by molar-refractivity contribution is -0.138. The van der Waals surface area contributed by atoms with Crippen LogP contribution in [-0.2, 0) is 14.4 Å². The molecule has 1 atom stereocenters. The predicted molar refractivity (Wildman–Crippen MR) is 62.1 cm³/mol. The van der Waals surface area contributed by atoms with E-state index in [-0.39, 0.29) is 24.1 Å². The van der Waals surface area contributed by atoms with Crippen molar-refractivity contribution in [3.8, 4) is 0 Å². The number of hydrogen-bond acceptors (Lipinski definition) is 4. The van der Waals surface area contributed by atoms with Crippen LogP contribution in [0.25, 0.3) is 0 Å². The summed E-state index contributed by atoms with van der Waals surface area (Å²) in [5, 5.41) is 5.68. The second-order valence-electron chi connectivity index (χ2n) is 4.47. The van der Waals surface area contributed by atoms with E-state index in [4.69, 9.17) is 0 Å². The van der Waals surface area contributed by atoms with E-state index in [1.807, 2.05) is 13.8 Å². The van der Waals surface area contributed by atoms with Crippen LogP contribution in [0.3, 0.4) is 0 Å². The van der Waals surface area contributed by atoms with Gasteiger partial charge in [0.05, 0.1) is 6.42 Å². The van der Waals surface area contributed by atoms with Gasteiger partial charge < -0.3 is 10.6 Å². The standard InChI is InChI=1S/C11H19N3O3/c1-7(2)12-5-4-9(15)13-8-6-10(16)14(3)11(8)17/h7-8,12H,4-6H2,1-3H3,(H,13,15). The highest BCUT2D eigenvalue weighted by Crippen LogP contribution is 2.10. The molecule has 1 rings (SSSR count). The normalized spacial score (nSPS) is 20.2. The first kappa shape index (κ1) is 13.6. The van der Waals surface area contributed by atoms with Crippen molar-refractivity contribution in [3.05, 3.63) is 0 Å². The fraction of sp³-hybridized carbons (Fsp3) is 0.727. The number of nitrogens with one attached hydrogen (secondary N) is 2. The van der Waals surface area contributed by atoms with Gasteiger partial charge in [-0.3, -0.25) is 19.3 Å². The SMILES string of the molecule is CC(C)NCCC(=O)NC1CC(=O)N(C)C1=O. The summed E-state index contributed by atoms with van der Waals surface area (Å²) < 4.78 is 0. The summed E-state index contributed by atoms with van der Waals surface area (Å²) in [6.07, 6.45) is 0.374. The van der Waals surface area contributed by atoms with Gasteiger partial charge in [0, 0.05) is 26.1 Å². The van der Waals surface area contributed by atoms with E-state index in [1.165, 1.54) is 7.05 Å². The van der Waals surface area contributed by atoms with Crippen molar-refractivity contribution in [1.82, 2.24) is 15.5 Å². The number of likely N-dealkylation sites (tertiary alicyclic amines) is 1. The van der Waals surface area contributed by atoms with Crippen molar-refractivity contribution < 1.29 is 14.4 Å². The van der Waals surface area contributed by atoms with Crippen LogP contribution in [0.5, 0.6) is 0 Å². The first-order valence-corrected chi connectivity index (χ1v) is 5.75. The highest BCUT2D eigenvalue weighted by molar-refractivity contribution is 6.06. The van der Waals surface area contributed by atoms with Crippen molar-refractivity contribution in [1.29, 1.82) is 0 Å². The van der Waals surface area contributed by atoms with Gasteiger partial charge in [-0.1, -0.05) is 13.8 Å². The molecule has 96 valence electrons. The van der Waals surface area contributed by atoms with E-state index in [1.54, 1.807) is 0 Å². The molecule has 0 saturated carbocycles. The number of likely N-dealkylation sites (N-methyl/N-ethyl adjacent to an activating group) is 1. The van der Waals surface area contributed by atoms with Gasteiger partial charge >= 0.3 is 0 Å². The van der Waals surface area contributed by atoms with Crippen LogP contribution < -0.4 is 10.6 Å². The van der Waals surface area contributed by atoms with Gasteiger partial charge in [-0.25, -0.2) is 0 Å². The van der Waals surface area contributed by atoms with Crippen LogP contribution in [0.15, 0.2) is 0 Å². The molecule has 17 heavy (non-hydrogen) atoms. The molecule has 0 aromatic heterocycles. The van der Waals surface area contributed by atoms with Crippen molar-refractivity contribution in [3.63, 3.8) is 0 Å². The van der Waals surface area contributed by atoms with Crippen molar-refractivity contribution in [2.45, 2.75) is 38.8 Å². The Hall–Kier alpha value is -1.43. The van der Waals surface area contributed by atoms with Crippen LogP contribution >= 0.6 is 0 Å². The van der Waals surface area contributed by atoms with Gasteiger partial charge in [-0.05, 0) is 0 Å². The molecule has 0 aromatic carbocycles. The number of carbonyl (C=O) groups excluding carboxylic acids is 3. The fourth-order valence-electron chi connectivity index (χ4n) is 1.61. The number of nitrogens with zero attached hydrogens (tertiary/aromatic N) is 1.